The molecular weight excluding hydrogens is 266 g/mol. The monoisotopic (exact) mass is 283 g/mol. The van der Waals surface area contributed by atoms with Crippen LogP contribution in [0.5, 0.6) is 0 Å². The standard InChI is InChI=1S/C12H17N3O3S/c1-8-9(15(17)18)5-10(19-8)11(16)14-4-3-12(2,6-13)7-14/h5H,3-4,6-7,13H2,1-2H3. The Morgan fingerprint density at radius 2 is 2.37 bits per heavy atom. The number of hydrogen-bond donors (Lipinski definition) is 1. The topological polar surface area (TPSA) is 89.5 Å². The highest BCUT2D eigenvalue weighted by Gasteiger charge is 2.36. The van der Waals surface area contributed by atoms with E-state index in [2.05, 4.69) is 6.92 Å². The fourth-order valence-corrected chi connectivity index (χ4v) is 3.23. The summed E-state index contributed by atoms with van der Waals surface area (Å²) in [6, 6.07) is 1.38. The fraction of sp³-hybridized carbons (Fsp3) is 0.583. The van der Waals surface area contributed by atoms with Crippen LogP contribution in [0.4, 0.5) is 5.69 Å². The summed E-state index contributed by atoms with van der Waals surface area (Å²) in [5, 5.41) is 10.8. The smallest absolute Gasteiger partial charge is 0.283 e. The number of hydrogen-bond acceptors (Lipinski definition) is 5. The van der Waals surface area contributed by atoms with E-state index in [1.807, 2.05) is 0 Å². The van der Waals surface area contributed by atoms with Crippen molar-refractivity contribution >= 4 is 22.9 Å². The van der Waals surface area contributed by atoms with E-state index in [9.17, 15) is 14.9 Å². The van der Waals surface area contributed by atoms with Gasteiger partial charge in [-0.1, -0.05) is 6.92 Å². The molecule has 1 saturated heterocycles. The van der Waals surface area contributed by atoms with E-state index in [4.69, 9.17) is 5.73 Å². The molecule has 1 unspecified atom stereocenters. The molecule has 1 aliphatic heterocycles. The molecule has 0 bridgehead atoms. The third-order valence-electron chi connectivity index (χ3n) is 3.64. The maximum absolute atomic E-state index is 12.3. The van der Waals surface area contributed by atoms with Crippen molar-refractivity contribution in [3.05, 3.63) is 25.9 Å². The number of likely N-dealkylation sites (tertiary alicyclic amines) is 1. The molecule has 6 nitrogen and oxygen atoms in total. The van der Waals surface area contributed by atoms with Crippen LogP contribution in [0.25, 0.3) is 0 Å². The first-order valence-corrected chi connectivity index (χ1v) is 6.92. The zero-order valence-corrected chi connectivity index (χ0v) is 11.8. The third kappa shape index (κ3) is 2.62. The minimum absolute atomic E-state index is 0.0223. The van der Waals surface area contributed by atoms with Crippen molar-refractivity contribution in [2.45, 2.75) is 20.3 Å². The fourth-order valence-electron chi connectivity index (χ4n) is 2.28. The van der Waals surface area contributed by atoms with Crippen molar-refractivity contribution in [2.75, 3.05) is 19.6 Å². The van der Waals surface area contributed by atoms with Gasteiger partial charge in [0.25, 0.3) is 11.6 Å². The molecule has 1 aromatic heterocycles. The number of carbonyl (C=O) groups is 1. The summed E-state index contributed by atoms with van der Waals surface area (Å²) < 4.78 is 0. The first-order valence-electron chi connectivity index (χ1n) is 6.10. The van der Waals surface area contributed by atoms with Crippen LogP contribution in [0.1, 0.15) is 27.9 Å². The molecule has 1 fully saturated rings. The Morgan fingerprint density at radius 1 is 1.68 bits per heavy atom. The molecule has 0 aliphatic carbocycles. The first-order chi connectivity index (χ1) is 8.86. The second kappa shape index (κ2) is 4.90. The zero-order valence-electron chi connectivity index (χ0n) is 11.0. The van der Waals surface area contributed by atoms with Crippen LogP contribution in [0.2, 0.25) is 0 Å². The predicted molar refractivity (Wildman–Crippen MR) is 73.4 cm³/mol. The molecule has 0 aromatic carbocycles. The molecule has 1 aromatic rings. The Bertz CT molecular complexity index is 528. The van der Waals surface area contributed by atoms with Gasteiger partial charge in [0.2, 0.25) is 0 Å². The van der Waals surface area contributed by atoms with Gasteiger partial charge in [-0.15, -0.1) is 11.3 Å². The Labute approximate surface area is 115 Å². The van der Waals surface area contributed by atoms with Crippen LogP contribution in [0, 0.1) is 22.5 Å². The van der Waals surface area contributed by atoms with E-state index in [-0.39, 0.29) is 17.0 Å². The largest absolute Gasteiger partial charge is 0.337 e. The Hall–Kier alpha value is -1.47. The van der Waals surface area contributed by atoms with Gasteiger partial charge in [-0.2, -0.15) is 0 Å². The molecular formula is C12H17N3O3S. The average molecular weight is 283 g/mol. The number of nitrogens with two attached hydrogens (primary N) is 1. The molecule has 104 valence electrons. The maximum atomic E-state index is 12.3. The van der Waals surface area contributed by atoms with Gasteiger partial charge < -0.3 is 10.6 Å². The Kier molecular flexibility index (Phi) is 3.60. The molecule has 2 heterocycles. The van der Waals surface area contributed by atoms with Crippen molar-refractivity contribution in [3.8, 4) is 0 Å². The van der Waals surface area contributed by atoms with Crippen LogP contribution in [0.15, 0.2) is 6.07 Å². The lowest BCUT2D eigenvalue weighted by molar-refractivity contribution is -0.385. The summed E-state index contributed by atoms with van der Waals surface area (Å²) >= 11 is 1.18. The number of nitro groups is 1. The number of carbonyl (C=O) groups excluding carboxylic acids is 1. The molecule has 2 rings (SSSR count). The van der Waals surface area contributed by atoms with Crippen LogP contribution in [0.3, 0.4) is 0 Å². The minimum atomic E-state index is -0.448. The lowest BCUT2D eigenvalue weighted by atomic mass is 9.90. The van der Waals surface area contributed by atoms with Crippen molar-refractivity contribution in [2.24, 2.45) is 11.1 Å². The summed E-state index contributed by atoms with van der Waals surface area (Å²) in [4.78, 5) is 25.4. The second-order valence-corrected chi connectivity index (χ2v) is 6.56. The molecule has 2 N–H and O–H groups in total. The van der Waals surface area contributed by atoms with E-state index < -0.39 is 4.92 Å². The number of rotatable bonds is 3. The SMILES string of the molecule is Cc1sc(C(=O)N2CCC(C)(CN)C2)cc1[N+](=O)[O-]. The summed E-state index contributed by atoms with van der Waals surface area (Å²) in [6.45, 7) is 5.54. The summed E-state index contributed by atoms with van der Waals surface area (Å²) in [5.74, 6) is -0.127. The number of amides is 1. The van der Waals surface area contributed by atoms with Crippen molar-refractivity contribution < 1.29 is 9.72 Å². The molecule has 0 spiro atoms. The quantitative estimate of drug-likeness (QED) is 0.676. The van der Waals surface area contributed by atoms with Crippen molar-refractivity contribution in [1.29, 1.82) is 0 Å². The highest BCUT2D eigenvalue weighted by atomic mass is 32.1. The zero-order chi connectivity index (χ0) is 14.2. The molecule has 1 amide bonds. The van der Waals surface area contributed by atoms with E-state index in [1.165, 1.54) is 17.4 Å². The molecule has 0 saturated carbocycles. The lowest BCUT2D eigenvalue weighted by Gasteiger charge is -2.22. The first kappa shape index (κ1) is 14.0. The van der Waals surface area contributed by atoms with E-state index in [1.54, 1.807) is 11.8 Å². The van der Waals surface area contributed by atoms with Gasteiger partial charge in [0.05, 0.1) is 14.7 Å². The molecule has 0 radical (unpaired) electrons. The highest BCUT2D eigenvalue weighted by molar-refractivity contribution is 7.14. The molecule has 7 heteroatoms. The number of nitrogens with zero attached hydrogens (tertiary/aromatic N) is 2. The van der Waals surface area contributed by atoms with Crippen molar-refractivity contribution in [1.82, 2.24) is 4.90 Å². The third-order valence-corrected chi connectivity index (χ3v) is 4.66. The van der Waals surface area contributed by atoms with Gasteiger partial charge in [-0.3, -0.25) is 14.9 Å². The summed E-state index contributed by atoms with van der Waals surface area (Å²) in [5.41, 5.74) is 5.70. The van der Waals surface area contributed by atoms with Gasteiger partial charge >= 0.3 is 0 Å². The molecule has 19 heavy (non-hydrogen) atoms. The van der Waals surface area contributed by atoms with E-state index >= 15 is 0 Å². The van der Waals surface area contributed by atoms with Crippen LogP contribution >= 0.6 is 11.3 Å². The Balaban J connectivity index is 2.17. The lowest BCUT2D eigenvalue weighted by Crippen LogP contribution is -2.34. The second-order valence-electron chi connectivity index (χ2n) is 5.30. The normalized spacial score (nSPS) is 22.8. The summed E-state index contributed by atoms with van der Waals surface area (Å²) in [6.07, 6.45) is 0.877. The van der Waals surface area contributed by atoms with Gasteiger partial charge in [-0.05, 0) is 25.3 Å². The predicted octanol–water partition coefficient (Wildman–Crippen LogP) is 1.78. The van der Waals surface area contributed by atoms with Gasteiger partial charge in [-0.25, -0.2) is 0 Å². The van der Waals surface area contributed by atoms with E-state index in [0.29, 0.717) is 29.4 Å². The van der Waals surface area contributed by atoms with Crippen LogP contribution in [-0.4, -0.2) is 35.4 Å². The van der Waals surface area contributed by atoms with Crippen LogP contribution in [-0.2, 0) is 0 Å². The number of thiophene rings is 1. The van der Waals surface area contributed by atoms with Gasteiger partial charge in [0.15, 0.2) is 0 Å². The minimum Gasteiger partial charge on any atom is -0.337 e. The van der Waals surface area contributed by atoms with E-state index in [0.717, 1.165) is 6.42 Å². The van der Waals surface area contributed by atoms with Gasteiger partial charge in [0, 0.05) is 19.2 Å². The average Bonchev–Trinajstić information content (AvgIpc) is 2.93. The molecule has 1 aliphatic rings. The summed E-state index contributed by atoms with van der Waals surface area (Å²) in [7, 11) is 0. The number of aryl methyl sites for hydroxylation is 1. The maximum Gasteiger partial charge on any atom is 0.283 e. The van der Waals surface area contributed by atoms with Gasteiger partial charge in [0.1, 0.15) is 0 Å². The highest BCUT2D eigenvalue weighted by Crippen LogP contribution is 2.33. The van der Waals surface area contributed by atoms with Crippen LogP contribution < -0.4 is 5.73 Å². The van der Waals surface area contributed by atoms with Crippen molar-refractivity contribution in [3.63, 3.8) is 0 Å². The molecule has 1 atom stereocenters. The Morgan fingerprint density at radius 3 is 2.84 bits per heavy atom.